The van der Waals surface area contributed by atoms with Gasteiger partial charge in [-0.05, 0) is 31.2 Å². The van der Waals surface area contributed by atoms with Crippen molar-refractivity contribution >= 4 is 29.8 Å². The Morgan fingerprint density at radius 3 is 2.25 bits per heavy atom. The molecule has 1 aromatic heterocycles. The van der Waals surface area contributed by atoms with E-state index in [0.29, 0.717) is 5.56 Å². The number of carbonyl (C=O) groups is 5. The topological polar surface area (TPSA) is 193 Å². The fourth-order valence-electron chi connectivity index (χ4n) is 13.3. The van der Waals surface area contributed by atoms with Crippen molar-refractivity contribution in [3.05, 3.63) is 35.5 Å². The molecule has 300 valence electrons. The molecule has 55 heavy (non-hydrogen) atoms. The maximum atomic E-state index is 15.1. The Bertz CT molecular complexity index is 1920. The Balaban J connectivity index is 1.52. The number of allylic oxidation sites excluding steroid dienone is 1. The minimum absolute atomic E-state index is 0.00694. The van der Waals surface area contributed by atoms with Gasteiger partial charge in [-0.15, -0.1) is 0 Å². The van der Waals surface area contributed by atoms with Gasteiger partial charge < -0.3 is 47.4 Å². The molecule has 4 saturated carbocycles. The molecule has 13 atom stereocenters. The number of hydrogen-bond acceptors (Lipinski definition) is 15. The van der Waals surface area contributed by atoms with E-state index in [1.54, 1.807) is 33.8 Å². The van der Waals surface area contributed by atoms with Gasteiger partial charge >= 0.3 is 29.8 Å². The summed E-state index contributed by atoms with van der Waals surface area (Å²) in [7, 11) is 1.29. The molecular formula is C40H50O15. The summed E-state index contributed by atoms with van der Waals surface area (Å²) in [5, 5.41) is 13.9. The van der Waals surface area contributed by atoms with Crippen LogP contribution in [0.5, 0.6) is 0 Å². The van der Waals surface area contributed by atoms with Gasteiger partial charge in [0.25, 0.3) is 5.97 Å². The minimum atomic E-state index is -2.29. The van der Waals surface area contributed by atoms with E-state index in [9.17, 15) is 24.3 Å². The van der Waals surface area contributed by atoms with E-state index in [4.69, 9.17) is 42.3 Å². The molecule has 15 nitrogen and oxygen atoms in total. The molecule has 0 radical (unpaired) electrons. The Hall–Kier alpha value is -3.79. The van der Waals surface area contributed by atoms with Gasteiger partial charge in [-0.2, -0.15) is 0 Å². The molecule has 1 aromatic rings. The van der Waals surface area contributed by atoms with E-state index in [1.807, 2.05) is 20.8 Å². The standard InChI is InChI=1S/C40H50O15/c1-11-24(43)51-27(19(2)3)26-28-33(6,29(49-20(4)41)22-12-15-48-17-22)13-14-37-35(8)23(16-25(44)47-10)34(7)18-38(35)39(46,31(34)50-21(5)42)32(52-30(26)45)40(28,37)55-36(9,53-37)54-38/h12,15,17,19,23,28-29,31-32,46H,11,13-14,16,18H2,1-10H3/b27-26-. The second kappa shape index (κ2) is 11.4. The van der Waals surface area contributed by atoms with Crippen LogP contribution in [0, 0.1) is 34.0 Å². The summed E-state index contributed by atoms with van der Waals surface area (Å²) < 4.78 is 57.2. The van der Waals surface area contributed by atoms with Crippen molar-refractivity contribution < 1.29 is 71.4 Å². The van der Waals surface area contributed by atoms with Crippen LogP contribution < -0.4 is 0 Å². The third-order valence-corrected chi connectivity index (χ3v) is 14.7. The minimum Gasteiger partial charge on any atom is -0.472 e. The smallest absolute Gasteiger partial charge is 0.338 e. The number of furan rings is 1. The molecule has 0 aromatic carbocycles. The number of aliphatic hydroxyl groups is 1. The highest BCUT2D eigenvalue weighted by Crippen LogP contribution is 2.90. The van der Waals surface area contributed by atoms with Crippen molar-refractivity contribution in [2.24, 2.45) is 34.0 Å². The summed E-state index contributed by atoms with van der Waals surface area (Å²) in [5.74, 6) is -7.74. The molecule has 1 N–H and O–H groups in total. The SMILES string of the molecule is CCC(=O)O/C(=C1\C(=O)OC2C3(O)C(OC(C)=O)C4(C)CC35OC3(C)OC26C1C(C)(C(OC(C)=O)c1ccoc1)CCC6(O3)C5(C)C4CC(=O)OC)C(C)C. The van der Waals surface area contributed by atoms with E-state index in [2.05, 4.69) is 0 Å². The van der Waals surface area contributed by atoms with Crippen LogP contribution in [-0.4, -0.2) is 82.6 Å². The van der Waals surface area contributed by atoms with Gasteiger partial charge in [-0.1, -0.05) is 41.5 Å². The van der Waals surface area contributed by atoms with E-state index in [1.165, 1.54) is 33.5 Å². The molecule has 4 heterocycles. The number of fused-ring (bicyclic) bond motifs is 3. The summed E-state index contributed by atoms with van der Waals surface area (Å²) in [6, 6.07) is 1.66. The predicted molar refractivity (Wildman–Crippen MR) is 183 cm³/mol. The van der Waals surface area contributed by atoms with Crippen LogP contribution in [0.25, 0.3) is 0 Å². The van der Waals surface area contributed by atoms with E-state index >= 15 is 4.79 Å². The van der Waals surface area contributed by atoms with Gasteiger partial charge in [-0.25, -0.2) is 4.79 Å². The molecule has 0 amide bonds. The summed E-state index contributed by atoms with van der Waals surface area (Å²) in [6.07, 6.45) is -0.871. The lowest BCUT2D eigenvalue weighted by Gasteiger charge is -2.77. The monoisotopic (exact) mass is 770 g/mol. The fourth-order valence-corrected chi connectivity index (χ4v) is 13.3. The molecule has 3 spiro atoms. The van der Waals surface area contributed by atoms with Crippen LogP contribution in [0.2, 0.25) is 0 Å². The van der Waals surface area contributed by atoms with Crippen molar-refractivity contribution in [3.8, 4) is 0 Å². The second-order valence-electron chi connectivity index (χ2n) is 17.7. The molecule has 7 fully saturated rings. The molecule has 7 aliphatic rings. The van der Waals surface area contributed by atoms with Crippen LogP contribution in [0.4, 0.5) is 0 Å². The zero-order chi connectivity index (χ0) is 40.1. The first-order valence-corrected chi connectivity index (χ1v) is 19.0. The number of methoxy groups -OCH3 is 1. The maximum absolute atomic E-state index is 15.1. The van der Waals surface area contributed by atoms with Crippen molar-refractivity contribution in [2.75, 3.05) is 7.11 Å². The Kier molecular flexibility index (Phi) is 7.91. The van der Waals surface area contributed by atoms with Crippen molar-refractivity contribution in [2.45, 2.75) is 141 Å². The summed E-state index contributed by atoms with van der Waals surface area (Å²) in [6.45, 7) is 14.9. The third-order valence-electron chi connectivity index (χ3n) is 14.7. The molecule has 4 bridgehead atoms. The van der Waals surface area contributed by atoms with E-state index in [-0.39, 0.29) is 43.4 Å². The fraction of sp³-hybridized carbons (Fsp3) is 0.725. The van der Waals surface area contributed by atoms with Gasteiger partial charge in [0.1, 0.15) is 29.2 Å². The molecule has 4 aliphatic carbocycles. The van der Waals surface area contributed by atoms with Crippen LogP contribution in [0.3, 0.4) is 0 Å². The molecule has 15 heteroatoms. The van der Waals surface area contributed by atoms with Crippen molar-refractivity contribution in [1.82, 2.24) is 0 Å². The number of hydrogen-bond donors (Lipinski definition) is 1. The number of esters is 5. The van der Waals surface area contributed by atoms with Gasteiger partial charge in [0.05, 0.1) is 25.2 Å². The lowest BCUT2D eigenvalue weighted by molar-refractivity contribution is -0.478. The first-order chi connectivity index (χ1) is 25.6. The van der Waals surface area contributed by atoms with Crippen LogP contribution in [0.15, 0.2) is 34.3 Å². The predicted octanol–water partition coefficient (Wildman–Crippen LogP) is 4.34. The Labute approximate surface area is 318 Å². The number of ether oxygens (including phenoxy) is 8. The average Bonchev–Trinajstić information content (AvgIpc) is 3.80. The first kappa shape index (κ1) is 38.1. The van der Waals surface area contributed by atoms with Crippen molar-refractivity contribution in [1.29, 1.82) is 0 Å². The zero-order valence-electron chi connectivity index (χ0n) is 32.9. The van der Waals surface area contributed by atoms with E-state index in [0.717, 1.165) is 0 Å². The quantitative estimate of drug-likeness (QED) is 0.161. The Morgan fingerprint density at radius 1 is 0.982 bits per heavy atom. The van der Waals surface area contributed by atoms with E-state index < -0.39 is 111 Å². The summed E-state index contributed by atoms with van der Waals surface area (Å²) in [5.41, 5.74) is -10.7. The zero-order valence-corrected chi connectivity index (χ0v) is 32.9. The van der Waals surface area contributed by atoms with Crippen LogP contribution in [0.1, 0.15) is 106 Å². The highest BCUT2D eigenvalue weighted by atomic mass is 16.9. The maximum Gasteiger partial charge on any atom is 0.338 e. The van der Waals surface area contributed by atoms with Gasteiger partial charge in [0.15, 0.2) is 17.3 Å². The molecular weight excluding hydrogens is 720 g/mol. The number of rotatable bonds is 9. The lowest BCUT2D eigenvalue weighted by atomic mass is 9.33. The molecule has 8 rings (SSSR count). The first-order valence-electron chi connectivity index (χ1n) is 19.0. The molecule has 3 saturated heterocycles. The highest BCUT2D eigenvalue weighted by Gasteiger charge is 3.04. The van der Waals surface area contributed by atoms with Gasteiger partial charge in [0, 0.05) is 67.3 Å². The van der Waals surface area contributed by atoms with Crippen LogP contribution in [-0.2, 0) is 61.9 Å². The van der Waals surface area contributed by atoms with Crippen molar-refractivity contribution in [3.63, 3.8) is 0 Å². The molecule has 3 aliphatic heterocycles. The largest absolute Gasteiger partial charge is 0.472 e. The highest BCUT2D eigenvalue weighted by molar-refractivity contribution is 5.93. The average molecular weight is 771 g/mol. The molecule has 13 unspecified atom stereocenters. The number of carbonyl (C=O) groups excluding carboxylic acids is 5. The third kappa shape index (κ3) is 4.12. The summed E-state index contributed by atoms with van der Waals surface area (Å²) in [4.78, 5) is 67.8. The second-order valence-corrected chi connectivity index (χ2v) is 17.7. The van der Waals surface area contributed by atoms with Crippen LogP contribution >= 0.6 is 0 Å². The van der Waals surface area contributed by atoms with Gasteiger partial charge in [0.2, 0.25) is 0 Å². The van der Waals surface area contributed by atoms with Gasteiger partial charge in [-0.3, -0.25) is 19.2 Å². The summed E-state index contributed by atoms with van der Waals surface area (Å²) >= 11 is 0. The Morgan fingerprint density at radius 2 is 1.67 bits per heavy atom. The normalized spacial score (nSPS) is 46.8. The lowest BCUT2D eigenvalue weighted by Crippen LogP contribution is -2.94.